The normalized spacial score (nSPS) is 10.4. The zero-order chi connectivity index (χ0) is 13.0. The lowest BCUT2D eigenvalue weighted by molar-refractivity contribution is 0.299. The van der Waals surface area contributed by atoms with E-state index in [0.717, 1.165) is 22.6 Å². The smallest absolute Gasteiger partial charge is 0.128 e. The van der Waals surface area contributed by atoms with Gasteiger partial charge in [0, 0.05) is 11.6 Å². The Morgan fingerprint density at radius 2 is 1.72 bits per heavy atom. The lowest BCUT2D eigenvalue weighted by Gasteiger charge is -2.07. The van der Waals surface area contributed by atoms with Gasteiger partial charge in [0.05, 0.1) is 0 Å². The van der Waals surface area contributed by atoms with Crippen LogP contribution in [0.2, 0.25) is 5.02 Å². The molecule has 0 spiro atoms. The first-order valence-electron chi connectivity index (χ1n) is 5.83. The van der Waals surface area contributed by atoms with Crippen LogP contribution in [-0.2, 0) is 6.42 Å². The second-order valence-corrected chi connectivity index (χ2v) is 4.54. The van der Waals surface area contributed by atoms with Crippen molar-refractivity contribution in [2.75, 3.05) is 6.61 Å². The number of rotatable bonds is 4. The minimum absolute atomic E-state index is 0.160. The topological polar surface area (TPSA) is 29.5 Å². The molecule has 0 aliphatic rings. The third-order valence-corrected chi connectivity index (χ3v) is 3.11. The number of aliphatic hydroxyl groups excluding tert-OH is 1. The molecule has 0 aliphatic carbocycles. The summed E-state index contributed by atoms with van der Waals surface area (Å²) in [5.41, 5.74) is 2.12. The Hall–Kier alpha value is -1.51. The average molecular weight is 263 g/mol. The highest BCUT2D eigenvalue weighted by atomic mass is 35.5. The molecule has 0 atom stereocenters. The molecule has 2 aromatic carbocycles. The zero-order valence-corrected chi connectivity index (χ0v) is 10.9. The van der Waals surface area contributed by atoms with Gasteiger partial charge >= 0.3 is 0 Å². The third kappa shape index (κ3) is 3.25. The quantitative estimate of drug-likeness (QED) is 0.903. The van der Waals surface area contributed by atoms with Gasteiger partial charge in [0.1, 0.15) is 11.5 Å². The summed E-state index contributed by atoms with van der Waals surface area (Å²) in [6.45, 7) is 2.11. The van der Waals surface area contributed by atoms with E-state index in [1.54, 1.807) is 6.07 Å². The number of aryl methyl sites for hydroxylation is 1. The van der Waals surface area contributed by atoms with Gasteiger partial charge in [-0.3, -0.25) is 0 Å². The molecule has 0 saturated carbocycles. The number of aliphatic hydroxyl groups is 1. The summed E-state index contributed by atoms with van der Waals surface area (Å²) >= 11 is 6.04. The summed E-state index contributed by atoms with van der Waals surface area (Å²) in [7, 11) is 0. The molecule has 18 heavy (non-hydrogen) atoms. The molecule has 2 nitrogen and oxygen atoms in total. The van der Waals surface area contributed by atoms with Crippen molar-refractivity contribution in [3.63, 3.8) is 0 Å². The summed E-state index contributed by atoms with van der Waals surface area (Å²) < 4.78 is 5.70. The van der Waals surface area contributed by atoms with E-state index in [4.69, 9.17) is 21.4 Å². The minimum Gasteiger partial charge on any atom is -0.457 e. The molecule has 0 aliphatic heterocycles. The SMILES string of the molecule is Cc1ccc(Oc2ccc(CCO)cc2)cc1Cl. The van der Waals surface area contributed by atoms with Crippen LogP contribution in [0.5, 0.6) is 11.5 Å². The Labute approximate surface area is 112 Å². The molecule has 0 unspecified atom stereocenters. The molecule has 0 heterocycles. The Balaban J connectivity index is 2.10. The fourth-order valence-corrected chi connectivity index (χ4v) is 1.80. The largest absolute Gasteiger partial charge is 0.457 e. The van der Waals surface area contributed by atoms with Gasteiger partial charge in [-0.2, -0.15) is 0 Å². The van der Waals surface area contributed by atoms with E-state index < -0.39 is 0 Å². The van der Waals surface area contributed by atoms with Gasteiger partial charge in [0.15, 0.2) is 0 Å². The number of hydrogen-bond acceptors (Lipinski definition) is 2. The zero-order valence-electron chi connectivity index (χ0n) is 10.2. The van der Waals surface area contributed by atoms with Gasteiger partial charge in [0.2, 0.25) is 0 Å². The summed E-state index contributed by atoms with van der Waals surface area (Å²) in [4.78, 5) is 0. The van der Waals surface area contributed by atoms with E-state index in [2.05, 4.69) is 0 Å². The lowest BCUT2D eigenvalue weighted by atomic mass is 10.1. The van der Waals surface area contributed by atoms with Gasteiger partial charge in [-0.25, -0.2) is 0 Å². The van der Waals surface area contributed by atoms with Crippen LogP contribution in [0.3, 0.4) is 0 Å². The van der Waals surface area contributed by atoms with E-state index in [1.165, 1.54) is 0 Å². The highest BCUT2D eigenvalue weighted by Crippen LogP contribution is 2.26. The van der Waals surface area contributed by atoms with E-state index in [0.29, 0.717) is 11.4 Å². The molecule has 0 amide bonds. The first kappa shape index (κ1) is 12.9. The second-order valence-electron chi connectivity index (χ2n) is 4.13. The molecule has 94 valence electrons. The maximum absolute atomic E-state index is 8.83. The summed E-state index contributed by atoms with van der Waals surface area (Å²) in [6.07, 6.45) is 0.663. The second kappa shape index (κ2) is 5.89. The summed E-state index contributed by atoms with van der Waals surface area (Å²) in [6, 6.07) is 13.3. The molecule has 2 rings (SSSR count). The van der Waals surface area contributed by atoms with E-state index in [1.807, 2.05) is 43.3 Å². The fourth-order valence-electron chi connectivity index (χ4n) is 1.63. The van der Waals surface area contributed by atoms with Gasteiger partial charge in [-0.15, -0.1) is 0 Å². The summed E-state index contributed by atoms with van der Waals surface area (Å²) in [5.74, 6) is 1.48. The molecule has 2 aromatic rings. The average Bonchev–Trinajstić information content (AvgIpc) is 2.37. The summed E-state index contributed by atoms with van der Waals surface area (Å²) in [5, 5.41) is 9.53. The number of hydrogen-bond donors (Lipinski definition) is 1. The van der Waals surface area contributed by atoms with Gasteiger partial charge in [0.25, 0.3) is 0 Å². The number of benzene rings is 2. The van der Waals surface area contributed by atoms with Crippen molar-refractivity contribution in [2.45, 2.75) is 13.3 Å². The minimum atomic E-state index is 0.160. The Kier molecular flexibility index (Phi) is 4.24. The Morgan fingerprint density at radius 1 is 1.06 bits per heavy atom. The monoisotopic (exact) mass is 262 g/mol. The van der Waals surface area contributed by atoms with Crippen LogP contribution in [0.4, 0.5) is 0 Å². The third-order valence-electron chi connectivity index (χ3n) is 2.70. The predicted molar refractivity (Wildman–Crippen MR) is 73.5 cm³/mol. The van der Waals surface area contributed by atoms with Crippen molar-refractivity contribution in [1.82, 2.24) is 0 Å². The molecule has 3 heteroatoms. The predicted octanol–water partition coefficient (Wildman–Crippen LogP) is 3.98. The standard InChI is InChI=1S/C15H15ClO2/c1-11-2-5-14(10-15(11)16)18-13-6-3-12(4-7-13)8-9-17/h2-7,10,17H,8-9H2,1H3. The molecule has 0 fully saturated rings. The van der Waals surface area contributed by atoms with Gasteiger partial charge in [-0.05, 0) is 48.7 Å². The number of ether oxygens (including phenoxy) is 1. The highest BCUT2D eigenvalue weighted by molar-refractivity contribution is 6.31. The van der Waals surface area contributed by atoms with E-state index in [-0.39, 0.29) is 6.61 Å². The van der Waals surface area contributed by atoms with Crippen molar-refractivity contribution >= 4 is 11.6 Å². The first-order valence-corrected chi connectivity index (χ1v) is 6.20. The number of halogens is 1. The fraction of sp³-hybridized carbons (Fsp3) is 0.200. The molecule has 0 aromatic heterocycles. The van der Waals surface area contributed by atoms with Crippen LogP contribution in [-0.4, -0.2) is 11.7 Å². The Morgan fingerprint density at radius 3 is 2.33 bits per heavy atom. The molecular weight excluding hydrogens is 248 g/mol. The van der Waals surface area contributed by atoms with Crippen molar-refractivity contribution in [3.05, 3.63) is 58.6 Å². The van der Waals surface area contributed by atoms with Crippen LogP contribution in [0, 0.1) is 6.92 Å². The van der Waals surface area contributed by atoms with Crippen LogP contribution in [0.1, 0.15) is 11.1 Å². The maximum atomic E-state index is 8.83. The van der Waals surface area contributed by atoms with E-state index >= 15 is 0 Å². The van der Waals surface area contributed by atoms with Gasteiger partial charge < -0.3 is 9.84 Å². The van der Waals surface area contributed by atoms with Crippen molar-refractivity contribution in [2.24, 2.45) is 0 Å². The van der Waals surface area contributed by atoms with Crippen molar-refractivity contribution in [3.8, 4) is 11.5 Å². The van der Waals surface area contributed by atoms with Crippen LogP contribution in [0.25, 0.3) is 0 Å². The molecule has 0 saturated heterocycles. The van der Waals surface area contributed by atoms with Crippen molar-refractivity contribution in [1.29, 1.82) is 0 Å². The molecule has 0 bridgehead atoms. The van der Waals surface area contributed by atoms with Crippen LogP contribution < -0.4 is 4.74 Å². The molecule has 1 N–H and O–H groups in total. The van der Waals surface area contributed by atoms with E-state index in [9.17, 15) is 0 Å². The molecular formula is C15H15ClO2. The van der Waals surface area contributed by atoms with Gasteiger partial charge in [-0.1, -0.05) is 29.8 Å². The van der Waals surface area contributed by atoms with Crippen LogP contribution >= 0.6 is 11.6 Å². The molecule has 0 radical (unpaired) electrons. The van der Waals surface area contributed by atoms with Crippen LogP contribution in [0.15, 0.2) is 42.5 Å². The maximum Gasteiger partial charge on any atom is 0.128 e. The first-order chi connectivity index (χ1) is 8.69. The highest BCUT2D eigenvalue weighted by Gasteiger charge is 2.01. The lowest BCUT2D eigenvalue weighted by Crippen LogP contribution is -1.90. The Bertz CT molecular complexity index is 521. The van der Waals surface area contributed by atoms with Crippen molar-refractivity contribution < 1.29 is 9.84 Å².